The molecule has 3 N–H and O–H groups in total. The summed E-state index contributed by atoms with van der Waals surface area (Å²) in [6.07, 6.45) is 1.98. The number of nitrogens with one attached hydrogen (secondary N) is 1. The van der Waals surface area contributed by atoms with Gasteiger partial charge in [0.25, 0.3) is 0 Å². The largest absolute Gasteiger partial charge is 0.497 e. The molecule has 21 heavy (non-hydrogen) atoms. The average molecular weight is 282 g/mol. The highest BCUT2D eigenvalue weighted by Gasteiger charge is 2.08. The number of nitrogens with two attached hydrogens (primary N) is 1. The Labute approximate surface area is 123 Å². The normalized spacial score (nSPS) is 10.8. The Morgan fingerprint density at radius 3 is 2.48 bits per heavy atom. The molecule has 0 radical (unpaired) electrons. The second kappa shape index (κ2) is 5.89. The van der Waals surface area contributed by atoms with E-state index in [-0.39, 0.29) is 0 Å². The maximum atomic E-state index is 5.84. The Morgan fingerprint density at radius 1 is 1.00 bits per heavy atom. The van der Waals surface area contributed by atoms with Crippen molar-refractivity contribution in [3.05, 3.63) is 59.8 Å². The van der Waals surface area contributed by atoms with E-state index in [0.29, 0.717) is 13.2 Å². The molecule has 3 aromatic rings. The molecule has 0 bridgehead atoms. The lowest BCUT2D eigenvalue weighted by Crippen LogP contribution is -1.99. The molecule has 0 saturated heterocycles. The van der Waals surface area contributed by atoms with E-state index in [9.17, 15) is 0 Å². The van der Waals surface area contributed by atoms with Crippen LogP contribution >= 0.6 is 0 Å². The topological polar surface area (TPSA) is 60.3 Å². The number of ether oxygens (including phenoxy) is 2. The van der Waals surface area contributed by atoms with Gasteiger partial charge in [-0.05, 0) is 35.9 Å². The summed E-state index contributed by atoms with van der Waals surface area (Å²) in [6, 6.07) is 13.7. The zero-order chi connectivity index (χ0) is 14.7. The maximum Gasteiger partial charge on any atom is 0.120 e. The molecule has 0 spiro atoms. The predicted molar refractivity (Wildman–Crippen MR) is 83.5 cm³/mol. The number of fused-ring (bicyclic) bond motifs is 1. The molecule has 0 fully saturated rings. The van der Waals surface area contributed by atoms with Gasteiger partial charge >= 0.3 is 0 Å². The van der Waals surface area contributed by atoms with Crippen LogP contribution in [0.4, 0.5) is 0 Å². The van der Waals surface area contributed by atoms with E-state index in [1.165, 1.54) is 0 Å². The molecule has 0 aliphatic carbocycles. The molecule has 2 aromatic carbocycles. The van der Waals surface area contributed by atoms with Crippen LogP contribution in [0.2, 0.25) is 0 Å². The van der Waals surface area contributed by atoms with Crippen molar-refractivity contribution in [2.75, 3.05) is 7.11 Å². The lowest BCUT2D eigenvalue weighted by molar-refractivity contribution is 0.307. The van der Waals surface area contributed by atoms with Gasteiger partial charge in [0.1, 0.15) is 18.1 Å². The monoisotopic (exact) mass is 282 g/mol. The van der Waals surface area contributed by atoms with Crippen LogP contribution in [0.25, 0.3) is 10.9 Å². The quantitative estimate of drug-likeness (QED) is 0.755. The molecule has 0 saturated carbocycles. The minimum atomic E-state index is 0.503. The second-order valence-corrected chi connectivity index (χ2v) is 4.82. The Hall–Kier alpha value is -2.46. The van der Waals surface area contributed by atoms with Crippen LogP contribution in [-0.4, -0.2) is 12.1 Å². The van der Waals surface area contributed by atoms with E-state index in [4.69, 9.17) is 15.2 Å². The minimum Gasteiger partial charge on any atom is -0.497 e. The van der Waals surface area contributed by atoms with Gasteiger partial charge in [-0.25, -0.2) is 0 Å². The predicted octanol–water partition coefficient (Wildman–Crippen LogP) is 3.21. The Kier molecular flexibility index (Phi) is 3.79. The van der Waals surface area contributed by atoms with Crippen LogP contribution in [0, 0.1) is 0 Å². The Balaban J connectivity index is 1.81. The van der Waals surface area contributed by atoms with Crippen molar-refractivity contribution in [2.45, 2.75) is 13.2 Å². The molecule has 0 unspecified atom stereocenters. The molecule has 1 heterocycles. The number of rotatable bonds is 5. The lowest BCUT2D eigenvalue weighted by atomic mass is 10.1. The number of benzene rings is 2. The molecule has 3 rings (SSSR count). The molecule has 0 aliphatic heterocycles. The molecular weight excluding hydrogens is 264 g/mol. The lowest BCUT2D eigenvalue weighted by Gasteiger charge is -2.08. The van der Waals surface area contributed by atoms with Crippen LogP contribution < -0.4 is 15.2 Å². The average Bonchev–Trinajstić information content (AvgIpc) is 2.96. The van der Waals surface area contributed by atoms with Gasteiger partial charge in [0.05, 0.1) is 7.11 Å². The first-order valence-electron chi connectivity index (χ1n) is 6.86. The van der Waals surface area contributed by atoms with Gasteiger partial charge in [-0.15, -0.1) is 0 Å². The van der Waals surface area contributed by atoms with Gasteiger partial charge in [-0.2, -0.15) is 0 Å². The number of aromatic nitrogens is 1. The molecule has 4 nitrogen and oxygen atoms in total. The van der Waals surface area contributed by atoms with E-state index >= 15 is 0 Å². The molecule has 0 atom stereocenters. The summed E-state index contributed by atoms with van der Waals surface area (Å²) in [5, 5.41) is 1.16. The molecule has 4 heteroatoms. The number of H-pyrrole nitrogens is 1. The van der Waals surface area contributed by atoms with Crippen molar-refractivity contribution in [2.24, 2.45) is 5.73 Å². The number of hydrogen-bond acceptors (Lipinski definition) is 3. The van der Waals surface area contributed by atoms with Crippen LogP contribution in [0.5, 0.6) is 11.5 Å². The van der Waals surface area contributed by atoms with Gasteiger partial charge in [0.15, 0.2) is 0 Å². The van der Waals surface area contributed by atoms with Crippen molar-refractivity contribution in [1.82, 2.24) is 4.98 Å². The fraction of sp³-hybridized carbons (Fsp3) is 0.176. The summed E-state index contributed by atoms with van der Waals surface area (Å²) in [4.78, 5) is 3.26. The van der Waals surface area contributed by atoms with Gasteiger partial charge in [-0.1, -0.05) is 12.1 Å². The van der Waals surface area contributed by atoms with Gasteiger partial charge in [-0.3, -0.25) is 0 Å². The summed E-state index contributed by atoms with van der Waals surface area (Å²) in [7, 11) is 1.65. The summed E-state index contributed by atoms with van der Waals surface area (Å²) in [5.74, 6) is 1.63. The first-order valence-corrected chi connectivity index (χ1v) is 6.86. The van der Waals surface area contributed by atoms with Crippen molar-refractivity contribution in [1.29, 1.82) is 0 Å². The first kappa shape index (κ1) is 13.5. The summed E-state index contributed by atoms with van der Waals surface area (Å²) >= 11 is 0. The summed E-state index contributed by atoms with van der Waals surface area (Å²) < 4.78 is 11.0. The highest BCUT2D eigenvalue weighted by atomic mass is 16.5. The van der Waals surface area contributed by atoms with Crippen LogP contribution in [-0.2, 0) is 13.2 Å². The van der Waals surface area contributed by atoms with Crippen molar-refractivity contribution < 1.29 is 9.47 Å². The second-order valence-electron chi connectivity index (χ2n) is 4.82. The molecule has 108 valence electrons. The number of methoxy groups -OCH3 is 1. The van der Waals surface area contributed by atoms with Crippen molar-refractivity contribution >= 4 is 10.9 Å². The molecular formula is C17H18N2O2. The van der Waals surface area contributed by atoms with E-state index in [0.717, 1.165) is 33.5 Å². The van der Waals surface area contributed by atoms with Crippen LogP contribution in [0.1, 0.15) is 11.1 Å². The number of aromatic amines is 1. The van der Waals surface area contributed by atoms with E-state index in [1.54, 1.807) is 7.11 Å². The highest BCUT2D eigenvalue weighted by Crippen LogP contribution is 2.24. The van der Waals surface area contributed by atoms with Gasteiger partial charge < -0.3 is 20.2 Å². The first-order chi connectivity index (χ1) is 10.3. The molecule has 0 aliphatic rings. The smallest absolute Gasteiger partial charge is 0.120 e. The maximum absolute atomic E-state index is 5.84. The third-order valence-corrected chi connectivity index (χ3v) is 3.55. The molecule has 1 aromatic heterocycles. The zero-order valence-corrected chi connectivity index (χ0v) is 11.9. The Morgan fingerprint density at radius 2 is 1.76 bits per heavy atom. The fourth-order valence-corrected chi connectivity index (χ4v) is 2.45. The van der Waals surface area contributed by atoms with Gasteiger partial charge in [0, 0.05) is 29.2 Å². The summed E-state index contributed by atoms with van der Waals surface area (Å²) in [6.45, 7) is 1.02. The van der Waals surface area contributed by atoms with E-state index in [2.05, 4.69) is 4.98 Å². The van der Waals surface area contributed by atoms with Crippen LogP contribution in [0.3, 0.4) is 0 Å². The van der Waals surface area contributed by atoms with E-state index < -0.39 is 0 Å². The SMILES string of the molecule is COc1ccc(OCc2c[nH]c3cccc(CN)c23)cc1. The highest BCUT2D eigenvalue weighted by molar-refractivity contribution is 5.86. The fourth-order valence-electron chi connectivity index (χ4n) is 2.45. The zero-order valence-electron chi connectivity index (χ0n) is 11.9. The van der Waals surface area contributed by atoms with Crippen molar-refractivity contribution in [3.63, 3.8) is 0 Å². The third kappa shape index (κ3) is 2.71. The van der Waals surface area contributed by atoms with Gasteiger partial charge in [0.2, 0.25) is 0 Å². The standard InChI is InChI=1S/C17H18N2O2/c1-20-14-5-7-15(8-6-14)21-11-13-10-19-16-4-2-3-12(9-18)17(13)16/h2-8,10,19H,9,11,18H2,1H3. The third-order valence-electron chi connectivity index (χ3n) is 3.55. The van der Waals surface area contributed by atoms with E-state index in [1.807, 2.05) is 48.7 Å². The van der Waals surface area contributed by atoms with Crippen LogP contribution in [0.15, 0.2) is 48.7 Å². The number of hydrogen-bond donors (Lipinski definition) is 2. The van der Waals surface area contributed by atoms with Crippen molar-refractivity contribution in [3.8, 4) is 11.5 Å². The Bertz CT molecular complexity index is 732. The summed E-state index contributed by atoms with van der Waals surface area (Å²) in [5.41, 5.74) is 9.14. The molecule has 0 amide bonds. The minimum absolute atomic E-state index is 0.503.